The van der Waals surface area contributed by atoms with Crippen molar-refractivity contribution in [3.8, 4) is 0 Å². The molecule has 1 fully saturated rings. The molecule has 0 aromatic heterocycles. The van der Waals surface area contributed by atoms with Gasteiger partial charge in [-0.25, -0.2) is 0 Å². The summed E-state index contributed by atoms with van der Waals surface area (Å²) in [6, 6.07) is 0. The van der Waals surface area contributed by atoms with Crippen LogP contribution in [0.5, 0.6) is 0 Å². The van der Waals surface area contributed by atoms with Gasteiger partial charge in [-0.05, 0) is 20.3 Å². The Bertz CT molecular complexity index is 152. The highest BCUT2D eigenvalue weighted by Gasteiger charge is 2.26. The third-order valence-corrected chi connectivity index (χ3v) is 2.04. The maximum absolute atomic E-state index is 9.29. The first-order valence-electron chi connectivity index (χ1n) is 4.60. The summed E-state index contributed by atoms with van der Waals surface area (Å²) in [6.07, 6.45) is 0.766. The second-order valence-corrected chi connectivity index (χ2v) is 4.00. The van der Waals surface area contributed by atoms with Crippen LogP contribution in [0.3, 0.4) is 0 Å². The van der Waals surface area contributed by atoms with Crippen molar-refractivity contribution in [3.63, 3.8) is 0 Å². The SMILES string of the molecule is CC(C)(O)OCC1COC(CO)C1. The van der Waals surface area contributed by atoms with Gasteiger partial charge >= 0.3 is 0 Å². The van der Waals surface area contributed by atoms with Gasteiger partial charge in [-0.1, -0.05) is 0 Å². The molecule has 0 aromatic rings. The van der Waals surface area contributed by atoms with Gasteiger partial charge in [-0.2, -0.15) is 0 Å². The Morgan fingerprint density at radius 2 is 2.23 bits per heavy atom. The maximum Gasteiger partial charge on any atom is 0.159 e. The molecule has 2 atom stereocenters. The van der Waals surface area contributed by atoms with Gasteiger partial charge in [0, 0.05) is 5.92 Å². The molecule has 4 nitrogen and oxygen atoms in total. The molecule has 0 amide bonds. The molecule has 2 unspecified atom stereocenters. The summed E-state index contributed by atoms with van der Waals surface area (Å²) in [7, 11) is 0. The Hall–Kier alpha value is -0.160. The molecule has 4 heteroatoms. The van der Waals surface area contributed by atoms with Gasteiger partial charge in [0.25, 0.3) is 0 Å². The van der Waals surface area contributed by atoms with E-state index in [1.54, 1.807) is 13.8 Å². The van der Waals surface area contributed by atoms with Crippen LogP contribution in [0.15, 0.2) is 0 Å². The Morgan fingerprint density at radius 3 is 2.69 bits per heavy atom. The molecule has 0 radical (unpaired) electrons. The van der Waals surface area contributed by atoms with Crippen molar-refractivity contribution in [3.05, 3.63) is 0 Å². The fourth-order valence-corrected chi connectivity index (χ4v) is 1.35. The lowest BCUT2D eigenvalue weighted by molar-refractivity contribution is -0.183. The van der Waals surface area contributed by atoms with E-state index in [1.807, 2.05) is 0 Å². The van der Waals surface area contributed by atoms with Crippen molar-refractivity contribution >= 4 is 0 Å². The molecule has 1 aliphatic rings. The van der Waals surface area contributed by atoms with Gasteiger partial charge < -0.3 is 19.7 Å². The summed E-state index contributed by atoms with van der Waals surface area (Å²) in [5.74, 6) is -0.777. The molecule has 1 heterocycles. The van der Waals surface area contributed by atoms with Crippen LogP contribution in [0.25, 0.3) is 0 Å². The van der Waals surface area contributed by atoms with E-state index in [2.05, 4.69) is 0 Å². The summed E-state index contributed by atoms with van der Waals surface area (Å²) in [5.41, 5.74) is 0. The maximum atomic E-state index is 9.29. The van der Waals surface area contributed by atoms with Crippen molar-refractivity contribution in [1.82, 2.24) is 0 Å². The van der Waals surface area contributed by atoms with E-state index in [9.17, 15) is 5.11 Å². The zero-order valence-corrected chi connectivity index (χ0v) is 8.19. The van der Waals surface area contributed by atoms with Crippen molar-refractivity contribution in [2.45, 2.75) is 32.2 Å². The minimum absolute atomic E-state index is 0.0459. The number of rotatable bonds is 4. The lowest BCUT2D eigenvalue weighted by atomic mass is 10.1. The second-order valence-electron chi connectivity index (χ2n) is 4.00. The first kappa shape index (κ1) is 10.9. The fraction of sp³-hybridized carbons (Fsp3) is 1.00. The first-order valence-corrected chi connectivity index (χ1v) is 4.60. The van der Waals surface area contributed by atoms with Crippen LogP contribution in [-0.4, -0.2) is 41.9 Å². The monoisotopic (exact) mass is 190 g/mol. The third kappa shape index (κ3) is 4.04. The standard InChI is InChI=1S/C9H18O4/c1-9(2,11)13-6-7-3-8(4-10)12-5-7/h7-8,10-11H,3-6H2,1-2H3. The predicted octanol–water partition coefficient (Wildman–Crippen LogP) is 0.129. The van der Waals surface area contributed by atoms with Gasteiger partial charge in [0.15, 0.2) is 5.79 Å². The smallest absolute Gasteiger partial charge is 0.159 e. The molecule has 78 valence electrons. The number of hydrogen-bond donors (Lipinski definition) is 2. The highest BCUT2D eigenvalue weighted by Crippen LogP contribution is 2.20. The van der Waals surface area contributed by atoms with Crippen LogP contribution in [0.1, 0.15) is 20.3 Å². The van der Waals surface area contributed by atoms with E-state index in [4.69, 9.17) is 14.6 Å². The minimum Gasteiger partial charge on any atom is -0.394 e. The largest absolute Gasteiger partial charge is 0.394 e. The van der Waals surface area contributed by atoms with Gasteiger partial charge in [-0.15, -0.1) is 0 Å². The Morgan fingerprint density at radius 1 is 1.54 bits per heavy atom. The summed E-state index contributed by atoms with van der Waals surface area (Å²) in [4.78, 5) is 0. The van der Waals surface area contributed by atoms with Crippen molar-refractivity contribution in [1.29, 1.82) is 0 Å². The molecule has 1 aliphatic heterocycles. The van der Waals surface area contributed by atoms with E-state index in [-0.39, 0.29) is 12.7 Å². The van der Waals surface area contributed by atoms with Crippen molar-refractivity contribution < 1.29 is 19.7 Å². The molecule has 0 aromatic carbocycles. The molecule has 1 rings (SSSR count). The molecule has 2 N–H and O–H groups in total. The first-order chi connectivity index (χ1) is 6.01. The molecular formula is C9H18O4. The highest BCUT2D eigenvalue weighted by atomic mass is 16.6. The molecule has 0 aliphatic carbocycles. The summed E-state index contributed by atoms with van der Waals surface area (Å²) in [6.45, 7) is 4.37. The van der Waals surface area contributed by atoms with E-state index < -0.39 is 5.79 Å². The van der Waals surface area contributed by atoms with Crippen molar-refractivity contribution in [2.75, 3.05) is 19.8 Å². The topological polar surface area (TPSA) is 58.9 Å². The molecule has 1 saturated heterocycles. The normalized spacial score (nSPS) is 29.5. The highest BCUT2D eigenvalue weighted by molar-refractivity contribution is 4.72. The van der Waals surface area contributed by atoms with Crippen LogP contribution in [0.4, 0.5) is 0 Å². The minimum atomic E-state index is -1.07. The predicted molar refractivity (Wildman–Crippen MR) is 47.2 cm³/mol. The zero-order chi connectivity index (χ0) is 9.90. The van der Waals surface area contributed by atoms with Gasteiger partial charge in [-0.3, -0.25) is 0 Å². The summed E-state index contributed by atoms with van der Waals surface area (Å²) < 4.78 is 10.5. The average Bonchev–Trinajstić information content (AvgIpc) is 2.47. The number of aliphatic hydroxyl groups is 2. The Kier molecular flexibility index (Phi) is 3.67. The fourth-order valence-electron chi connectivity index (χ4n) is 1.35. The summed E-state index contributed by atoms with van der Waals surface area (Å²) in [5, 5.41) is 18.1. The molecule has 0 spiro atoms. The van der Waals surface area contributed by atoms with Crippen LogP contribution in [0.2, 0.25) is 0 Å². The molecular weight excluding hydrogens is 172 g/mol. The van der Waals surface area contributed by atoms with Crippen molar-refractivity contribution in [2.24, 2.45) is 5.92 Å². The lowest BCUT2D eigenvalue weighted by Gasteiger charge is -2.20. The van der Waals surface area contributed by atoms with Crippen LogP contribution >= 0.6 is 0 Å². The molecule has 13 heavy (non-hydrogen) atoms. The van der Waals surface area contributed by atoms with Gasteiger partial charge in [0.1, 0.15) is 0 Å². The third-order valence-electron chi connectivity index (χ3n) is 2.04. The van der Waals surface area contributed by atoms with E-state index in [0.29, 0.717) is 19.1 Å². The Labute approximate surface area is 78.5 Å². The molecule has 0 saturated carbocycles. The van der Waals surface area contributed by atoms with Gasteiger partial charge in [0.05, 0.1) is 25.9 Å². The quantitative estimate of drug-likeness (QED) is 0.619. The Balaban J connectivity index is 2.17. The van der Waals surface area contributed by atoms with E-state index >= 15 is 0 Å². The van der Waals surface area contributed by atoms with Crippen LogP contribution in [-0.2, 0) is 9.47 Å². The molecule has 0 bridgehead atoms. The van der Waals surface area contributed by atoms with E-state index in [1.165, 1.54) is 0 Å². The number of ether oxygens (including phenoxy) is 2. The average molecular weight is 190 g/mol. The number of aliphatic hydroxyl groups excluding tert-OH is 1. The van der Waals surface area contributed by atoms with Gasteiger partial charge in [0.2, 0.25) is 0 Å². The lowest BCUT2D eigenvalue weighted by Crippen LogP contribution is -2.26. The number of hydrogen-bond acceptors (Lipinski definition) is 4. The van der Waals surface area contributed by atoms with Crippen LogP contribution < -0.4 is 0 Å². The summed E-state index contributed by atoms with van der Waals surface area (Å²) >= 11 is 0. The van der Waals surface area contributed by atoms with E-state index in [0.717, 1.165) is 6.42 Å². The van der Waals surface area contributed by atoms with Crippen LogP contribution in [0, 0.1) is 5.92 Å². The second kappa shape index (κ2) is 4.37. The zero-order valence-electron chi connectivity index (χ0n) is 8.19.